The van der Waals surface area contributed by atoms with Crippen LogP contribution in [0.1, 0.15) is 32.6 Å². The quantitative estimate of drug-likeness (QED) is 0.800. The van der Waals surface area contributed by atoms with Crippen LogP contribution >= 0.6 is 0 Å². The van der Waals surface area contributed by atoms with Gasteiger partial charge in [0.15, 0.2) is 0 Å². The van der Waals surface area contributed by atoms with Crippen LogP contribution in [-0.2, 0) is 15.0 Å². The predicted molar refractivity (Wildman–Crippen MR) is 79.2 cm³/mol. The zero-order valence-corrected chi connectivity index (χ0v) is 13.4. The van der Waals surface area contributed by atoms with Crippen molar-refractivity contribution in [3.63, 3.8) is 0 Å². The van der Waals surface area contributed by atoms with E-state index in [2.05, 4.69) is 0 Å². The maximum atomic E-state index is 12.7. The van der Waals surface area contributed by atoms with Crippen molar-refractivity contribution in [1.82, 2.24) is 13.5 Å². The number of carboxylic acids is 1. The Morgan fingerprint density at radius 1 is 1.10 bits per heavy atom. The van der Waals surface area contributed by atoms with Crippen LogP contribution in [0.3, 0.4) is 0 Å². The van der Waals surface area contributed by atoms with Crippen molar-refractivity contribution in [2.75, 3.05) is 39.3 Å². The van der Waals surface area contributed by atoms with Gasteiger partial charge in [-0.05, 0) is 26.2 Å². The first-order valence-electron chi connectivity index (χ1n) is 7.62. The molecule has 0 aromatic rings. The first kappa shape index (κ1) is 16.7. The van der Waals surface area contributed by atoms with Gasteiger partial charge in [0.1, 0.15) is 0 Å². The van der Waals surface area contributed by atoms with Gasteiger partial charge in [-0.3, -0.25) is 9.69 Å². The highest BCUT2D eigenvalue weighted by molar-refractivity contribution is 7.86. The van der Waals surface area contributed by atoms with E-state index in [1.54, 1.807) is 9.21 Å². The average Bonchev–Trinajstić information content (AvgIpc) is 2.64. The van der Waals surface area contributed by atoms with E-state index in [4.69, 9.17) is 5.11 Å². The largest absolute Gasteiger partial charge is 0.480 e. The maximum Gasteiger partial charge on any atom is 0.317 e. The summed E-state index contributed by atoms with van der Waals surface area (Å²) >= 11 is 0. The topological polar surface area (TPSA) is 81.2 Å². The van der Waals surface area contributed by atoms with Gasteiger partial charge >= 0.3 is 5.97 Å². The smallest absolute Gasteiger partial charge is 0.317 e. The minimum Gasteiger partial charge on any atom is -0.480 e. The van der Waals surface area contributed by atoms with Crippen molar-refractivity contribution in [2.24, 2.45) is 0 Å². The lowest BCUT2D eigenvalue weighted by Gasteiger charge is -2.36. The summed E-state index contributed by atoms with van der Waals surface area (Å²) in [6.45, 7) is 4.50. The van der Waals surface area contributed by atoms with E-state index in [9.17, 15) is 13.2 Å². The van der Waals surface area contributed by atoms with Crippen LogP contribution in [0.2, 0.25) is 0 Å². The molecular weight excluding hydrogens is 294 g/mol. The number of rotatable bonds is 4. The number of carbonyl (C=O) groups is 1. The monoisotopic (exact) mass is 319 g/mol. The molecule has 2 aliphatic rings. The minimum absolute atomic E-state index is 0.0198. The van der Waals surface area contributed by atoms with E-state index in [1.807, 2.05) is 6.92 Å². The zero-order valence-electron chi connectivity index (χ0n) is 12.6. The molecule has 122 valence electrons. The average molecular weight is 319 g/mol. The van der Waals surface area contributed by atoms with Gasteiger partial charge < -0.3 is 5.11 Å². The Kier molecular flexibility index (Phi) is 5.59. The summed E-state index contributed by atoms with van der Waals surface area (Å²) in [7, 11) is -3.42. The highest BCUT2D eigenvalue weighted by atomic mass is 32.2. The normalized spacial score (nSPS) is 27.4. The molecule has 0 amide bonds. The molecule has 2 saturated heterocycles. The van der Waals surface area contributed by atoms with Crippen LogP contribution in [0, 0.1) is 0 Å². The van der Waals surface area contributed by atoms with Crippen LogP contribution < -0.4 is 0 Å². The van der Waals surface area contributed by atoms with E-state index in [0.29, 0.717) is 39.1 Å². The zero-order chi connectivity index (χ0) is 15.5. The fourth-order valence-electron chi connectivity index (χ4n) is 3.09. The Balaban J connectivity index is 2.01. The molecule has 0 bridgehead atoms. The lowest BCUT2D eigenvalue weighted by molar-refractivity contribution is -0.138. The summed E-state index contributed by atoms with van der Waals surface area (Å²) in [6.07, 6.45) is 3.59. The van der Waals surface area contributed by atoms with Gasteiger partial charge in [0.2, 0.25) is 0 Å². The molecule has 2 aliphatic heterocycles. The first-order valence-corrected chi connectivity index (χ1v) is 9.02. The van der Waals surface area contributed by atoms with E-state index < -0.39 is 16.2 Å². The first-order chi connectivity index (χ1) is 9.91. The minimum atomic E-state index is -3.42. The molecule has 0 spiro atoms. The molecule has 1 atom stereocenters. The Hall–Kier alpha value is -0.700. The van der Waals surface area contributed by atoms with E-state index in [-0.39, 0.29) is 12.6 Å². The molecule has 0 aromatic carbocycles. The molecule has 2 heterocycles. The van der Waals surface area contributed by atoms with E-state index in [0.717, 1.165) is 19.3 Å². The molecule has 1 unspecified atom stereocenters. The second kappa shape index (κ2) is 7.04. The Morgan fingerprint density at radius 2 is 1.86 bits per heavy atom. The maximum absolute atomic E-state index is 12.7. The lowest BCUT2D eigenvalue weighted by atomic mass is 10.1. The number of piperidine rings is 1. The van der Waals surface area contributed by atoms with Crippen molar-refractivity contribution in [2.45, 2.75) is 38.6 Å². The van der Waals surface area contributed by atoms with Crippen molar-refractivity contribution in [1.29, 1.82) is 0 Å². The van der Waals surface area contributed by atoms with Crippen LogP contribution in [-0.4, -0.2) is 78.3 Å². The van der Waals surface area contributed by atoms with Gasteiger partial charge in [0.25, 0.3) is 10.2 Å². The summed E-state index contributed by atoms with van der Waals surface area (Å²) in [4.78, 5) is 12.6. The van der Waals surface area contributed by atoms with Gasteiger partial charge in [0, 0.05) is 38.8 Å². The van der Waals surface area contributed by atoms with Crippen LogP contribution in [0.15, 0.2) is 0 Å². The highest BCUT2D eigenvalue weighted by Crippen LogP contribution is 2.23. The number of nitrogens with zero attached hydrogens (tertiary/aromatic N) is 3. The molecule has 0 aliphatic carbocycles. The van der Waals surface area contributed by atoms with Gasteiger partial charge in [-0.2, -0.15) is 17.0 Å². The van der Waals surface area contributed by atoms with Crippen LogP contribution in [0.25, 0.3) is 0 Å². The van der Waals surface area contributed by atoms with Gasteiger partial charge in [-0.1, -0.05) is 6.42 Å². The van der Waals surface area contributed by atoms with Gasteiger partial charge in [-0.25, -0.2) is 0 Å². The SMILES string of the molecule is CC1CCCCN1S(=O)(=O)N1CCCN(CC(=O)O)CC1. The molecular formula is C13H25N3O4S. The highest BCUT2D eigenvalue weighted by Gasteiger charge is 2.35. The summed E-state index contributed by atoms with van der Waals surface area (Å²) in [5.74, 6) is -0.865. The van der Waals surface area contributed by atoms with Crippen molar-refractivity contribution in [3.8, 4) is 0 Å². The Morgan fingerprint density at radius 3 is 2.52 bits per heavy atom. The summed E-state index contributed by atoms with van der Waals surface area (Å²) < 4.78 is 28.6. The van der Waals surface area contributed by atoms with E-state index in [1.165, 1.54) is 4.31 Å². The second-order valence-electron chi connectivity index (χ2n) is 5.89. The molecule has 21 heavy (non-hydrogen) atoms. The van der Waals surface area contributed by atoms with Crippen molar-refractivity contribution < 1.29 is 18.3 Å². The second-order valence-corrected chi connectivity index (χ2v) is 7.77. The lowest BCUT2D eigenvalue weighted by Crippen LogP contribution is -2.50. The molecule has 0 saturated carbocycles. The Labute approximate surface area is 126 Å². The molecule has 2 fully saturated rings. The third-order valence-corrected chi connectivity index (χ3v) is 6.42. The molecule has 0 aromatic heterocycles. The fourth-order valence-corrected chi connectivity index (χ4v) is 4.98. The van der Waals surface area contributed by atoms with Crippen LogP contribution in [0.5, 0.6) is 0 Å². The molecule has 1 N–H and O–H groups in total. The third kappa shape index (κ3) is 4.15. The fraction of sp³-hybridized carbons (Fsp3) is 0.923. The molecule has 0 radical (unpaired) electrons. The summed E-state index contributed by atoms with van der Waals surface area (Å²) in [5.41, 5.74) is 0. The van der Waals surface area contributed by atoms with E-state index >= 15 is 0 Å². The van der Waals surface area contributed by atoms with Crippen LogP contribution in [0.4, 0.5) is 0 Å². The molecule has 2 rings (SSSR count). The summed E-state index contributed by atoms with van der Waals surface area (Å²) in [5, 5.41) is 8.84. The third-order valence-electron chi connectivity index (χ3n) is 4.27. The molecule has 7 nitrogen and oxygen atoms in total. The standard InChI is InChI=1S/C13H25N3O4S/c1-12-5-2-3-8-16(12)21(19,20)15-7-4-6-14(9-10-15)11-13(17)18/h12H,2-11H2,1H3,(H,17,18). The number of carboxylic acid groups (broad SMARTS) is 1. The summed E-state index contributed by atoms with van der Waals surface area (Å²) in [6, 6.07) is 0.0575. The number of hydrogen-bond acceptors (Lipinski definition) is 4. The van der Waals surface area contributed by atoms with Crippen molar-refractivity contribution in [3.05, 3.63) is 0 Å². The van der Waals surface area contributed by atoms with Gasteiger partial charge in [-0.15, -0.1) is 0 Å². The Bertz CT molecular complexity index is 468. The molecule has 8 heteroatoms. The van der Waals surface area contributed by atoms with Gasteiger partial charge in [0.05, 0.1) is 6.54 Å². The van der Waals surface area contributed by atoms with Crippen molar-refractivity contribution >= 4 is 16.2 Å². The number of hydrogen-bond donors (Lipinski definition) is 1. The number of aliphatic carboxylic acids is 1. The predicted octanol–water partition coefficient (Wildman–Crippen LogP) is 0.198.